The molecule has 0 aromatic heterocycles. The Balaban J connectivity index is 1.92. The standard InChI is InChI=1S/C14H18ClNO2/c1-9-4-3-5-12(15)13(9)16-10(2)14(17)18-8-11-6-7-11/h3-5,10-11,16H,6-8H2,1-2H3. The van der Waals surface area contributed by atoms with Crippen LogP contribution in [0.15, 0.2) is 18.2 Å². The van der Waals surface area contributed by atoms with Gasteiger partial charge in [-0.2, -0.15) is 0 Å². The van der Waals surface area contributed by atoms with Crippen molar-refractivity contribution in [2.24, 2.45) is 5.92 Å². The quantitative estimate of drug-likeness (QED) is 0.831. The van der Waals surface area contributed by atoms with Crippen LogP contribution in [-0.2, 0) is 9.53 Å². The van der Waals surface area contributed by atoms with Crippen molar-refractivity contribution in [1.82, 2.24) is 0 Å². The van der Waals surface area contributed by atoms with Gasteiger partial charge in [-0.15, -0.1) is 0 Å². The van der Waals surface area contributed by atoms with Crippen molar-refractivity contribution in [2.45, 2.75) is 32.7 Å². The van der Waals surface area contributed by atoms with Gasteiger partial charge in [0.05, 0.1) is 17.3 Å². The van der Waals surface area contributed by atoms with Gasteiger partial charge in [0.1, 0.15) is 6.04 Å². The van der Waals surface area contributed by atoms with Crippen LogP contribution in [-0.4, -0.2) is 18.6 Å². The summed E-state index contributed by atoms with van der Waals surface area (Å²) in [5.74, 6) is 0.365. The number of para-hydroxylation sites is 1. The molecule has 0 heterocycles. The van der Waals surface area contributed by atoms with Gasteiger partial charge in [0, 0.05) is 0 Å². The van der Waals surface area contributed by atoms with Crippen LogP contribution in [0.2, 0.25) is 5.02 Å². The summed E-state index contributed by atoms with van der Waals surface area (Å²) >= 11 is 6.10. The summed E-state index contributed by atoms with van der Waals surface area (Å²) < 4.78 is 5.24. The van der Waals surface area contributed by atoms with Crippen molar-refractivity contribution in [1.29, 1.82) is 0 Å². The van der Waals surface area contributed by atoms with Crippen molar-refractivity contribution in [3.63, 3.8) is 0 Å². The van der Waals surface area contributed by atoms with Crippen molar-refractivity contribution in [2.75, 3.05) is 11.9 Å². The lowest BCUT2D eigenvalue weighted by Crippen LogP contribution is -2.29. The maximum atomic E-state index is 11.8. The molecular weight excluding hydrogens is 250 g/mol. The first kappa shape index (κ1) is 13.2. The normalized spacial score (nSPS) is 16.2. The maximum absolute atomic E-state index is 11.8. The molecule has 1 aliphatic carbocycles. The van der Waals surface area contributed by atoms with E-state index in [1.807, 2.05) is 19.1 Å². The van der Waals surface area contributed by atoms with Crippen LogP contribution < -0.4 is 5.32 Å². The second-order valence-electron chi connectivity index (χ2n) is 4.87. The molecule has 1 aliphatic rings. The minimum absolute atomic E-state index is 0.221. The second-order valence-corrected chi connectivity index (χ2v) is 5.28. The summed E-state index contributed by atoms with van der Waals surface area (Å²) in [6, 6.07) is 5.26. The van der Waals surface area contributed by atoms with E-state index >= 15 is 0 Å². The molecule has 1 saturated carbocycles. The fraction of sp³-hybridized carbons (Fsp3) is 0.500. The molecule has 0 spiro atoms. The molecular formula is C14H18ClNO2. The SMILES string of the molecule is Cc1cccc(Cl)c1NC(C)C(=O)OCC1CC1. The smallest absolute Gasteiger partial charge is 0.328 e. The number of aryl methyl sites for hydroxylation is 1. The van der Waals surface area contributed by atoms with Gasteiger partial charge in [-0.25, -0.2) is 4.79 Å². The minimum Gasteiger partial charge on any atom is -0.464 e. The van der Waals surface area contributed by atoms with Crippen molar-refractivity contribution in [3.8, 4) is 0 Å². The summed E-state index contributed by atoms with van der Waals surface area (Å²) in [5.41, 5.74) is 1.82. The largest absolute Gasteiger partial charge is 0.464 e. The molecule has 1 unspecified atom stereocenters. The zero-order valence-corrected chi connectivity index (χ0v) is 11.5. The Labute approximate surface area is 112 Å². The van der Waals surface area contributed by atoms with Crippen LogP contribution >= 0.6 is 11.6 Å². The second kappa shape index (κ2) is 5.61. The predicted molar refractivity (Wildman–Crippen MR) is 73.0 cm³/mol. The third kappa shape index (κ3) is 3.39. The van der Waals surface area contributed by atoms with Crippen molar-refractivity contribution in [3.05, 3.63) is 28.8 Å². The van der Waals surface area contributed by atoms with Crippen LogP contribution in [0.25, 0.3) is 0 Å². The highest BCUT2D eigenvalue weighted by atomic mass is 35.5. The molecule has 0 bridgehead atoms. The Morgan fingerprint density at radius 3 is 2.89 bits per heavy atom. The van der Waals surface area contributed by atoms with Gasteiger partial charge in [-0.3, -0.25) is 0 Å². The molecule has 0 amide bonds. The monoisotopic (exact) mass is 267 g/mol. The van der Waals surface area contributed by atoms with E-state index in [0.29, 0.717) is 17.5 Å². The fourth-order valence-corrected chi connectivity index (χ4v) is 1.98. The van der Waals surface area contributed by atoms with Crippen LogP contribution in [0.1, 0.15) is 25.3 Å². The van der Waals surface area contributed by atoms with Gasteiger partial charge in [-0.05, 0) is 44.2 Å². The molecule has 1 fully saturated rings. The number of rotatable bonds is 5. The first-order valence-electron chi connectivity index (χ1n) is 6.26. The van der Waals surface area contributed by atoms with Gasteiger partial charge < -0.3 is 10.1 Å². The Kier molecular flexibility index (Phi) is 4.12. The van der Waals surface area contributed by atoms with E-state index in [0.717, 1.165) is 11.3 Å². The molecule has 2 rings (SSSR count). The van der Waals surface area contributed by atoms with Crippen molar-refractivity contribution >= 4 is 23.3 Å². The van der Waals surface area contributed by atoms with Gasteiger partial charge in [0.2, 0.25) is 0 Å². The number of anilines is 1. The van der Waals surface area contributed by atoms with E-state index in [2.05, 4.69) is 5.32 Å². The summed E-state index contributed by atoms with van der Waals surface area (Å²) in [7, 11) is 0. The summed E-state index contributed by atoms with van der Waals surface area (Å²) in [5, 5.41) is 3.74. The lowest BCUT2D eigenvalue weighted by Gasteiger charge is -2.17. The van der Waals surface area contributed by atoms with E-state index in [9.17, 15) is 4.79 Å². The van der Waals surface area contributed by atoms with E-state index in [1.165, 1.54) is 12.8 Å². The van der Waals surface area contributed by atoms with E-state index in [1.54, 1.807) is 13.0 Å². The predicted octanol–water partition coefficient (Wildman–Crippen LogP) is 3.40. The van der Waals surface area contributed by atoms with Crippen LogP contribution in [0.5, 0.6) is 0 Å². The number of carbonyl (C=O) groups excluding carboxylic acids is 1. The molecule has 1 aromatic rings. The number of esters is 1. The number of carbonyl (C=O) groups is 1. The number of ether oxygens (including phenoxy) is 1. The fourth-order valence-electron chi connectivity index (χ4n) is 1.70. The minimum atomic E-state index is -0.387. The topological polar surface area (TPSA) is 38.3 Å². The van der Waals surface area contributed by atoms with Gasteiger partial charge in [0.25, 0.3) is 0 Å². The van der Waals surface area contributed by atoms with Gasteiger partial charge in [0.15, 0.2) is 0 Å². The Morgan fingerprint density at radius 2 is 2.28 bits per heavy atom. The van der Waals surface area contributed by atoms with Gasteiger partial charge >= 0.3 is 5.97 Å². The molecule has 4 heteroatoms. The lowest BCUT2D eigenvalue weighted by molar-refractivity contribution is -0.144. The molecule has 1 atom stereocenters. The highest BCUT2D eigenvalue weighted by Gasteiger charge is 2.24. The third-order valence-electron chi connectivity index (χ3n) is 3.09. The van der Waals surface area contributed by atoms with E-state index < -0.39 is 0 Å². The van der Waals surface area contributed by atoms with Crippen LogP contribution in [0.3, 0.4) is 0 Å². The molecule has 18 heavy (non-hydrogen) atoms. The third-order valence-corrected chi connectivity index (χ3v) is 3.41. The lowest BCUT2D eigenvalue weighted by atomic mass is 10.2. The first-order chi connectivity index (χ1) is 8.58. The first-order valence-corrected chi connectivity index (χ1v) is 6.64. The molecule has 0 radical (unpaired) electrons. The molecule has 98 valence electrons. The number of hydrogen-bond donors (Lipinski definition) is 1. The van der Waals surface area contributed by atoms with Gasteiger partial charge in [-0.1, -0.05) is 23.7 Å². The average molecular weight is 268 g/mol. The highest BCUT2D eigenvalue weighted by molar-refractivity contribution is 6.33. The zero-order chi connectivity index (χ0) is 13.1. The van der Waals surface area contributed by atoms with Crippen LogP contribution in [0, 0.1) is 12.8 Å². The summed E-state index contributed by atoms with van der Waals surface area (Å²) in [4.78, 5) is 11.8. The molecule has 3 nitrogen and oxygen atoms in total. The average Bonchev–Trinajstić information content (AvgIpc) is 3.14. The molecule has 0 saturated heterocycles. The van der Waals surface area contributed by atoms with E-state index in [-0.39, 0.29) is 12.0 Å². The summed E-state index contributed by atoms with van der Waals surface area (Å²) in [6.45, 7) is 4.29. The zero-order valence-electron chi connectivity index (χ0n) is 10.7. The van der Waals surface area contributed by atoms with Crippen molar-refractivity contribution < 1.29 is 9.53 Å². The molecule has 0 aliphatic heterocycles. The highest BCUT2D eigenvalue weighted by Crippen LogP contribution is 2.29. The maximum Gasteiger partial charge on any atom is 0.328 e. The number of nitrogens with one attached hydrogen (secondary N) is 1. The Morgan fingerprint density at radius 1 is 1.56 bits per heavy atom. The Hall–Kier alpha value is -1.22. The number of halogens is 1. The summed E-state index contributed by atoms with van der Waals surface area (Å²) in [6.07, 6.45) is 2.36. The van der Waals surface area contributed by atoms with Crippen LogP contribution in [0.4, 0.5) is 5.69 Å². The Bertz CT molecular complexity index is 423. The number of hydrogen-bond acceptors (Lipinski definition) is 3. The molecule has 1 aromatic carbocycles. The number of benzene rings is 1. The molecule has 1 N–H and O–H groups in total. The van der Waals surface area contributed by atoms with E-state index in [4.69, 9.17) is 16.3 Å².